The van der Waals surface area contributed by atoms with Crippen molar-refractivity contribution in [2.75, 3.05) is 0 Å². The van der Waals surface area contributed by atoms with Crippen molar-refractivity contribution in [3.8, 4) is 0 Å². The van der Waals surface area contributed by atoms with Crippen LogP contribution in [0.1, 0.15) is 11.1 Å². The van der Waals surface area contributed by atoms with Crippen molar-refractivity contribution in [3.63, 3.8) is 0 Å². The van der Waals surface area contributed by atoms with Crippen LogP contribution in [0.15, 0.2) is 17.0 Å². The van der Waals surface area contributed by atoms with E-state index in [1.807, 2.05) is 0 Å². The van der Waals surface area contributed by atoms with Crippen LogP contribution in [0.2, 0.25) is 0 Å². The van der Waals surface area contributed by atoms with Crippen molar-refractivity contribution >= 4 is 19.7 Å². The zero-order valence-corrected chi connectivity index (χ0v) is 8.71. The van der Waals surface area contributed by atoms with Crippen molar-refractivity contribution < 1.29 is 12.8 Å². The Labute approximate surface area is 80.8 Å². The van der Waals surface area contributed by atoms with E-state index < -0.39 is 14.9 Å². The Hall–Kier alpha value is -0.610. The Morgan fingerprint density at radius 1 is 1.31 bits per heavy atom. The lowest BCUT2D eigenvalue weighted by Crippen LogP contribution is -1.98. The molecule has 0 atom stereocenters. The fourth-order valence-electron chi connectivity index (χ4n) is 1.07. The Bertz CT molecular complexity index is 440. The summed E-state index contributed by atoms with van der Waals surface area (Å²) in [6.07, 6.45) is 0. The topological polar surface area (TPSA) is 34.1 Å². The van der Waals surface area contributed by atoms with Crippen LogP contribution in [-0.4, -0.2) is 8.42 Å². The van der Waals surface area contributed by atoms with Gasteiger partial charge in [0.25, 0.3) is 9.05 Å². The third kappa shape index (κ3) is 2.00. The van der Waals surface area contributed by atoms with Gasteiger partial charge in [-0.05, 0) is 25.5 Å². The molecule has 1 rings (SSSR count). The molecule has 0 aliphatic rings. The molecule has 0 spiro atoms. The highest BCUT2D eigenvalue weighted by molar-refractivity contribution is 8.13. The lowest BCUT2D eigenvalue weighted by Gasteiger charge is -2.04. The molecule has 0 heterocycles. The van der Waals surface area contributed by atoms with Crippen LogP contribution in [0.3, 0.4) is 0 Å². The predicted molar refractivity (Wildman–Crippen MR) is 48.9 cm³/mol. The summed E-state index contributed by atoms with van der Waals surface area (Å²) in [5.41, 5.74) is 0.469. The first-order valence-corrected chi connectivity index (χ1v) is 5.85. The summed E-state index contributed by atoms with van der Waals surface area (Å²) in [6.45, 7) is 2.95. The quantitative estimate of drug-likeness (QED) is 0.684. The fourth-order valence-corrected chi connectivity index (χ4v) is 2.25. The molecule has 0 aromatic heterocycles. The smallest absolute Gasteiger partial charge is 0.207 e. The SMILES string of the molecule is Cc1ccc(S(=O)(=O)Cl)c(C)c1F. The van der Waals surface area contributed by atoms with Crippen molar-refractivity contribution in [2.45, 2.75) is 18.7 Å². The van der Waals surface area contributed by atoms with Gasteiger partial charge in [0, 0.05) is 16.2 Å². The van der Waals surface area contributed by atoms with Gasteiger partial charge in [0.1, 0.15) is 5.82 Å². The molecule has 0 aliphatic heterocycles. The Balaban J connectivity index is 3.53. The molecule has 1 aromatic carbocycles. The second kappa shape index (κ2) is 3.27. The van der Waals surface area contributed by atoms with Gasteiger partial charge in [-0.25, -0.2) is 12.8 Å². The van der Waals surface area contributed by atoms with Crippen LogP contribution < -0.4 is 0 Å². The Morgan fingerprint density at radius 3 is 2.31 bits per heavy atom. The highest BCUT2D eigenvalue weighted by Gasteiger charge is 2.16. The summed E-state index contributed by atoms with van der Waals surface area (Å²) in [6, 6.07) is 2.69. The summed E-state index contributed by atoms with van der Waals surface area (Å²) >= 11 is 0. The van der Waals surface area contributed by atoms with Crippen molar-refractivity contribution in [1.29, 1.82) is 0 Å². The number of hydrogen-bond donors (Lipinski definition) is 0. The second-order valence-corrected chi connectivity index (χ2v) is 5.29. The summed E-state index contributed by atoms with van der Waals surface area (Å²) in [5, 5.41) is 0. The first-order chi connectivity index (χ1) is 5.84. The normalized spacial score (nSPS) is 11.7. The summed E-state index contributed by atoms with van der Waals surface area (Å²) in [4.78, 5) is -0.169. The van der Waals surface area contributed by atoms with Crippen molar-refractivity contribution in [1.82, 2.24) is 0 Å². The summed E-state index contributed by atoms with van der Waals surface area (Å²) in [7, 11) is 1.25. The van der Waals surface area contributed by atoms with Crippen LogP contribution in [0, 0.1) is 19.7 Å². The maximum Gasteiger partial charge on any atom is 0.261 e. The molecule has 0 bridgehead atoms. The minimum absolute atomic E-state index is 0.0648. The Morgan fingerprint density at radius 2 is 1.85 bits per heavy atom. The zero-order valence-electron chi connectivity index (χ0n) is 7.14. The van der Waals surface area contributed by atoms with Gasteiger partial charge >= 0.3 is 0 Å². The molecule has 1 aromatic rings. The summed E-state index contributed by atoms with van der Waals surface area (Å²) in [5.74, 6) is -0.526. The molecule has 0 amide bonds. The molecule has 72 valence electrons. The highest BCUT2D eigenvalue weighted by Crippen LogP contribution is 2.23. The molecule has 13 heavy (non-hydrogen) atoms. The van der Waals surface area contributed by atoms with Crippen LogP contribution in [-0.2, 0) is 9.05 Å². The largest absolute Gasteiger partial charge is 0.261 e. The van der Waals surface area contributed by atoms with E-state index in [9.17, 15) is 12.8 Å². The van der Waals surface area contributed by atoms with Gasteiger partial charge in [0.2, 0.25) is 0 Å². The molecule has 0 unspecified atom stereocenters. The van der Waals surface area contributed by atoms with Crippen LogP contribution in [0.25, 0.3) is 0 Å². The number of rotatable bonds is 1. The average molecular weight is 223 g/mol. The maximum atomic E-state index is 13.2. The molecule has 0 N–H and O–H groups in total. The average Bonchev–Trinajstić information content (AvgIpc) is 1.98. The Kier molecular flexibility index (Phi) is 2.63. The lowest BCUT2D eigenvalue weighted by atomic mass is 10.1. The van der Waals surface area contributed by atoms with Gasteiger partial charge in [-0.1, -0.05) is 6.07 Å². The van der Waals surface area contributed by atoms with Gasteiger partial charge in [0.05, 0.1) is 4.90 Å². The van der Waals surface area contributed by atoms with E-state index >= 15 is 0 Å². The molecule has 5 heteroatoms. The van der Waals surface area contributed by atoms with Crippen LogP contribution >= 0.6 is 10.7 Å². The molecular formula is C8H8ClFO2S. The number of aryl methyl sites for hydroxylation is 1. The van der Waals surface area contributed by atoms with E-state index in [0.29, 0.717) is 5.56 Å². The fraction of sp³-hybridized carbons (Fsp3) is 0.250. The van der Waals surface area contributed by atoms with E-state index in [-0.39, 0.29) is 10.5 Å². The molecule has 0 radical (unpaired) electrons. The van der Waals surface area contributed by atoms with E-state index in [1.165, 1.54) is 19.1 Å². The number of halogens is 2. The number of hydrogen-bond acceptors (Lipinski definition) is 2. The molecule has 0 saturated heterocycles. The van der Waals surface area contributed by atoms with Crippen LogP contribution in [0.4, 0.5) is 4.39 Å². The predicted octanol–water partition coefficient (Wildman–Crippen LogP) is 2.37. The molecule has 0 fully saturated rings. The lowest BCUT2D eigenvalue weighted by molar-refractivity contribution is 0.592. The zero-order chi connectivity index (χ0) is 10.2. The minimum atomic E-state index is -3.84. The summed E-state index contributed by atoms with van der Waals surface area (Å²) < 4.78 is 35.0. The van der Waals surface area contributed by atoms with Gasteiger partial charge in [0.15, 0.2) is 0 Å². The third-order valence-electron chi connectivity index (χ3n) is 1.79. The molecular weight excluding hydrogens is 215 g/mol. The third-order valence-corrected chi connectivity index (χ3v) is 3.26. The monoisotopic (exact) mass is 222 g/mol. The van der Waals surface area contributed by atoms with E-state index in [1.54, 1.807) is 6.92 Å². The van der Waals surface area contributed by atoms with Crippen LogP contribution in [0.5, 0.6) is 0 Å². The van der Waals surface area contributed by atoms with E-state index in [2.05, 4.69) is 0 Å². The van der Waals surface area contributed by atoms with E-state index in [0.717, 1.165) is 0 Å². The second-order valence-electron chi connectivity index (χ2n) is 2.76. The van der Waals surface area contributed by atoms with Crippen molar-refractivity contribution in [2.24, 2.45) is 0 Å². The van der Waals surface area contributed by atoms with Gasteiger partial charge in [-0.3, -0.25) is 0 Å². The van der Waals surface area contributed by atoms with Gasteiger partial charge in [-0.2, -0.15) is 0 Å². The first kappa shape index (κ1) is 10.5. The van der Waals surface area contributed by atoms with Gasteiger partial charge < -0.3 is 0 Å². The number of benzene rings is 1. The van der Waals surface area contributed by atoms with Crippen molar-refractivity contribution in [3.05, 3.63) is 29.1 Å². The van der Waals surface area contributed by atoms with Gasteiger partial charge in [-0.15, -0.1) is 0 Å². The van der Waals surface area contributed by atoms with E-state index in [4.69, 9.17) is 10.7 Å². The minimum Gasteiger partial charge on any atom is -0.207 e. The standard InChI is InChI=1S/C8H8ClFO2S/c1-5-3-4-7(13(9,11)12)6(2)8(5)10/h3-4H,1-2H3. The molecule has 0 saturated carbocycles. The highest BCUT2D eigenvalue weighted by atomic mass is 35.7. The maximum absolute atomic E-state index is 13.2. The molecule has 2 nitrogen and oxygen atoms in total. The first-order valence-electron chi connectivity index (χ1n) is 3.54. The molecule has 0 aliphatic carbocycles.